The van der Waals surface area contributed by atoms with Crippen LogP contribution >= 0.6 is 0 Å². The van der Waals surface area contributed by atoms with Crippen molar-refractivity contribution < 1.29 is 38.1 Å². The molecule has 0 saturated heterocycles. The van der Waals surface area contributed by atoms with Gasteiger partial charge >= 0.3 is 24.0 Å². The smallest absolute Gasteiger partial charge is 0.417 e. The summed E-state index contributed by atoms with van der Waals surface area (Å²) < 4.78 is 23.8. The van der Waals surface area contributed by atoms with E-state index < -0.39 is 49.4 Å². The fourth-order valence-corrected chi connectivity index (χ4v) is 7.45. The van der Waals surface area contributed by atoms with Gasteiger partial charge in [-0.05, 0) is 60.0 Å². The minimum absolute atomic E-state index is 0.0346. The lowest BCUT2D eigenvalue weighted by Crippen LogP contribution is -2.49. The summed E-state index contributed by atoms with van der Waals surface area (Å²) in [6.07, 6.45) is -0.435. The van der Waals surface area contributed by atoms with Crippen LogP contribution in [0.5, 0.6) is 5.88 Å². The number of anilines is 1. The van der Waals surface area contributed by atoms with E-state index >= 15 is 0 Å². The monoisotopic (exact) mass is 749 g/mol. The van der Waals surface area contributed by atoms with Crippen LogP contribution in [0.25, 0.3) is 0 Å². The van der Waals surface area contributed by atoms with Crippen LogP contribution in [-0.4, -0.2) is 66.0 Å². The first-order valence-corrected chi connectivity index (χ1v) is 18.9. The zero-order valence-corrected chi connectivity index (χ0v) is 34.0. The molecule has 3 atom stereocenters. The Morgan fingerprint density at radius 2 is 1.39 bits per heavy atom. The molecular weight excluding hydrogens is 690 g/mol. The number of carbonyl (C=O) groups excluding carboxylic acids is 4. The average Bonchev–Trinajstić information content (AvgIpc) is 3.61. The summed E-state index contributed by atoms with van der Waals surface area (Å²) in [7, 11) is 0. The highest BCUT2D eigenvalue weighted by molar-refractivity contribution is 6.00. The van der Waals surface area contributed by atoms with Crippen molar-refractivity contribution in [3.63, 3.8) is 0 Å². The maximum absolute atomic E-state index is 14.6. The molecule has 1 amide bonds. The molecule has 1 aliphatic carbocycles. The van der Waals surface area contributed by atoms with E-state index in [-0.39, 0.29) is 64.1 Å². The first-order chi connectivity index (χ1) is 25.1. The van der Waals surface area contributed by atoms with E-state index in [0.29, 0.717) is 5.92 Å². The fourth-order valence-electron chi connectivity index (χ4n) is 7.45. The van der Waals surface area contributed by atoms with Crippen LogP contribution in [0.2, 0.25) is 0 Å². The van der Waals surface area contributed by atoms with Crippen molar-refractivity contribution in [1.29, 1.82) is 5.26 Å². The average molecular weight is 750 g/mol. The van der Waals surface area contributed by atoms with Gasteiger partial charge in [-0.15, -0.1) is 0 Å². The van der Waals surface area contributed by atoms with Gasteiger partial charge in [0.2, 0.25) is 5.88 Å². The summed E-state index contributed by atoms with van der Waals surface area (Å²) in [5, 5.41) is 13.9. The quantitative estimate of drug-likeness (QED) is 0.182. The largest absolute Gasteiger partial charge is 0.465 e. The number of nitrogens with one attached hydrogen (secondary N) is 2. The molecule has 54 heavy (non-hydrogen) atoms. The Balaban J connectivity index is 1.81. The van der Waals surface area contributed by atoms with Crippen LogP contribution in [0.15, 0.2) is 24.3 Å². The lowest BCUT2D eigenvalue weighted by Gasteiger charge is -2.50. The van der Waals surface area contributed by atoms with Gasteiger partial charge in [0.1, 0.15) is 48.4 Å². The molecule has 2 N–H and O–H groups in total. The molecule has 1 saturated carbocycles. The normalized spacial score (nSPS) is 21.1. The SMILES string of the molecule is CCOC(=O)CN(CC(=O)OCC)C(=O)Oc1c(C#N)c(C(=O)OC2C(C(C)(C)C)CC(C)CC2C(C)(C)C)c2n1NC(c1ccc(C(C)(C)C)cc1)N2. The van der Waals surface area contributed by atoms with Gasteiger partial charge in [-0.1, -0.05) is 93.5 Å². The van der Waals surface area contributed by atoms with Crippen LogP contribution in [-0.2, 0) is 29.2 Å². The number of hydrogen-bond donors (Lipinski definition) is 2. The molecule has 13 heteroatoms. The molecule has 0 spiro atoms. The highest BCUT2D eigenvalue weighted by Gasteiger charge is 2.49. The second kappa shape index (κ2) is 16.3. The van der Waals surface area contributed by atoms with Gasteiger partial charge in [0.05, 0.1) is 13.2 Å². The second-order valence-electron chi connectivity index (χ2n) is 17.7. The van der Waals surface area contributed by atoms with E-state index in [1.54, 1.807) is 13.8 Å². The maximum atomic E-state index is 14.6. The summed E-state index contributed by atoms with van der Waals surface area (Å²) in [6.45, 7) is 23.6. The Morgan fingerprint density at radius 3 is 1.83 bits per heavy atom. The molecule has 1 aromatic carbocycles. The van der Waals surface area contributed by atoms with Crippen LogP contribution in [0.1, 0.15) is 129 Å². The van der Waals surface area contributed by atoms with Gasteiger partial charge in [0, 0.05) is 11.8 Å². The van der Waals surface area contributed by atoms with E-state index in [4.69, 9.17) is 18.9 Å². The molecule has 13 nitrogen and oxygen atoms in total. The van der Waals surface area contributed by atoms with Crippen molar-refractivity contribution in [1.82, 2.24) is 9.58 Å². The lowest BCUT2D eigenvalue weighted by molar-refractivity contribution is -0.147. The number of aromatic nitrogens is 1. The zero-order valence-electron chi connectivity index (χ0n) is 34.0. The summed E-state index contributed by atoms with van der Waals surface area (Å²) in [4.78, 5) is 54.2. The third-order valence-corrected chi connectivity index (χ3v) is 10.4. The molecule has 2 aliphatic rings. The molecule has 296 valence electrons. The summed E-state index contributed by atoms with van der Waals surface area (Å²) in [6, 6.07) is 10.0. The van der Waals surface area contributed by atoms with Gasteiger partial charge in [0.25, 0.3) is 0 Å². The Hall–Kier alpha value is -4.73. The number of nitriles is 1. The highest BCUT2D eigenvalue weighted by Crippen LogP contribution is 2.50. The molecule has 2 aromatic rings. The van der Waals surface area contributed by atoms with Crippen LogP contribution in [0, 0.1) is 39.9 Å². The molecule has 4 rings (SSSR count). The van der Waals surface area contributed by atoms with E-state index in [0.717, 1.165) is 28.9 Å². The predicted molar refractivity (Wildman–Crippen MR) is 204 cm³/mol. The van der Waals surface area contributed by atoms with Crippen LogP contribution < -0.4 is 15.5 Å². The molecule has 1 fully saturated rings. The van der Waals surface area contributed by atoms with Crippen molar-refractivity contribution in [3.05, 3.63) is 46.5 Å². The van der Waals surface area contributed by atoms with Crippen molar-refractivity contribution >= 4 is 29.8 Å². The molecule has 0 bridgehead atoms. The Morgan fingerprint density at radius 1 is 0.870 bits per heavy atom. The minimum atomic E-state index is -1.13. The number of fused-ring (bicyclic) bond motifs is 1. The van der Waals surface area contributed by atoms with Crippen LogP contribution in [0.4, 0.5) is 10.6 Å². The number of nitrogens with zero attached hydrogens (tertiary/aromatic N) is 3. The topological polar surface area (TPSA) is 161 Å². The van der Waals surface area contributed by atoms with Gasteiger partial charge < -0.3 is 24.3 Å². The Labute approximate surface area is 320 Å². The predicted octanol–water partition coefficient (Wildman–Crippen LogP) is 7.53. The standard InChI is InChI=1S/C41H59N5O8/c1-13-51-30(47)22-45(23-31(48)52-14-2)38(50)54-36-27(21-42)32(35-43-34(44-46(35)36)25-15-17-26(18-16-25)39(4,5)6)37(49)53-33-28(40(7,8)9)19-24(3)20-29(33)41(10,11)12/h15-18,24,28-29,33-34,43-44H,13-14,19-20,22-23H2,1-12H3. The number of esters is 3. The maximum Gasteiger partial charge on any atom is 0.417 e. The Kier molecular flexibility index (Phi) is 12.7. The van der Waals surface area contributed by atoms with Gasteiger partial charge in [-0.3, -0.25) is 19.9 Å². The van der Waals surface area contributed by atoms with Crippen LogP contribution in [0.3, 0.4) is 0 Å². The summed E-state index contributed by atoms with van der Waals surface area (Å²) in [5.41, 5.74) is 4.39. The first kappa shape index (κ1) is 42.0. The molecule has 1 aromatic heterocycles. The number of ether oxygens (including phenoxy) is 4. The van der Waals surface area contributed by atoms with Gasteiger partial charge in [-0.2, -0.15) is 5.26 Å². The lowest BCUT2D eigenvalue weighted by atomic mass is 9.59. The van der Waals surface area contributed by atoms with E-state index in [1.807, 2.05) is 24.3 Å². The van der Waals surface area contributed by atoms with E-state index in [1.165, 1.54) is 4.68 Å². The van der Waals surface area contributed by atoms with Crippen molar-refractivity contribution in [2.24, 2.45) is 28.6 Å². The van der Waals surface area contributed by atoms with E-state index in [2.05, 4.69) is 86.0 Å². The van der Waals surface area contributed by atoms with Crippen molar-refractivity contribution in [2.75, 3.05) is 37.0 Å². The number of hydrogen-bond acceptors (Lipinski definition) is 11. The van der Waals surface area contributed by atoms with Crippen molar-refractivity contribution in [3.8, 4) is 11.9 Å². The number of amides is 1. The van der Waals surface area contributed by atoms with Gasteiger partial charge in [-0.25, -0.2) is 14.3 Å². The third kappa shape index (κ3) is 9.49. The van der Waals surface area contributed by atoms with Gasteiger partial charge in [0.15, 0.2) is 0 Å². The number of carbonyl (C=O) groups is 4. The molecule has 3 unspecified atom stereocenters. The van der Waals surface area contributed by atoms with Crippen molar-refractivity contribution in [2.45, 2.75) is 114 Å². The zero-order chi connectivity index (χ0) is 40.3. The first-order valence-electron chi connectivity index (χ1n) is 18.9. The third-order valence-electron chi connectivity index (χ3n) is 10.4. The summed E-state index contributed by atoms with van der Waals surface area (Å²) in [5.74, 6) is -1.90. The number of rotatable bonds is 10. The molecule has 1 aliphatic heterocycles. The highest BCUT2D eigenvalue weighted by atomic mass is 16.6. The van der Waals surface area contributed by atoms with E-state index in [9.17, 15) is 24.4 Å². The second-order valence-corrected chi connectivity index (χ2v) is 17.7. The molecule has 2 heterocycles. The molecular formula is C41H59N5O8. The fraction of sp³-hybridized carbons (Fsp3) is 0.634. The summed E-state index contributed by atoms with van der Waals surface area (Å²) >= 11 is 0. The number of benzene rings is 1. The Bertz CT molecular complexity index is 1690. The molecule has 0 radical (unpaired) electrons. The minimum Gasteiger partial charge on any atom is -0.465 e.